The van der Waals surface area contributed by atoms with Crippen molar-refractivity contribution in [2.24, 2.45) is 0 Å². The van der Waals surface area contributed by atoms with Gasteiger partial charge in [-0.2, -0.15) is 11.8 Å². The van der Waals surface area contributed by atoms with Gasteiger partial charge >= 0.3 is 0 Å². The van der Waals surface area contributed by atoms with Crippen LogP contribution in [0.3, 0.4) is 0 Å². The molecule has 0 spiro atoms. The predicted octanol–water partition coefficient (Wildman–Crippen LogP) is 4.93. The van der Waals surface area contributed by atoms with E-state index < -0.39 is 0 Å². The summed E-state index contributed by atoms with van der Waals surface area (Å²) in [5.41, 5.74) is 1.26. The Morgan fingerprint density at radius 1 is 1.33 bits per heavy atom. The van der Waals surface area contributed by atoms with Crippen LogP contribution in [-0.2, 0) is 0 Å². The van der Waals surface area contributed by atoms with Gasteiger partial charge in [-0.05, 0) is 42.8 Å². The molecule has 4 heteroatoms. The average molecular weight is 304 g/mol. The quantitative estimate of drug-likeness (QED) is 0.846. The fraction of sp³-hybridized carbons (Fsp3) is 0.571. The second-order valence-electron chi connectivity index (χ2n) is 4.61. The van der Waals surface area contributed by atoms with Gasteiger partial charge in [0, 0.05) is 11.3 Å². The molecule has 0 bridgehead atoms. The lowest BCUT2D eigenvalue weighted by molar-refractivity contribution is 0.491. The van der Waals surface area contributed by atoms with Crippen molar-refractivity contribution >= 4 is 35.0 Å². The Bertz CT molecular complexity index is 391. The zero-order valence-corrected chi connectivity index (χ0v) is 12.9. The molecule has 2 rings (SSSR count). The second kappa shape index (κ2) is 7.04. The lowest BCUT2D eigenvalue weighted by Crippen LogP contribution is -2.31. The minimum Gasteiger partial charge on any atom is -0.309 e. The summed E-state index contributed by atoms with van der Waals surface area (Å²) in [6.45, 7) is 3.12. The molecule has 2 atom stereocenters. The van der Waals surface area contributed by atoms with Crippen molar-refractivity contribution in [2.75, 3.05) is 12.3 Å². The monoisotopic (exact) mass is 303 g/mol. The highest BCUT2D eigenvalue weighted by Crippen LogP contribution is 2.36. The Morgan fingerprint density at radius 3 is 2.78 bits per heavy atom. The van der Waals surface area contributed by atoms with Gasteiger partial charge in [0.15, 0.2) is 0 Å². The zero-order valence-electron chi connectivity index (χ0n) is 10.6. The van der Waals surface area contributed by atoms with Crippen LogP contribution in [0.15, 0.2) is 18.2 Å². The third kappa shape index (κ3) is 3.57. The van der Waals surface area contributed by atoms with Crippen molar-refractivity contribution in [3.63, 3.8) is 0 Å². The number of hydrogen-bond donors (Lipinski definition) is 1. The fourth-order valence-electron chi connectivity index (χ4n) is 2.42. The number of hydrogen-bond acceptors (Lipinski definition) is 2. The summed E-state index contributed by atoms with van der Waals surface area (Å²) >= 11 is 14.2. The molecule has 0 radical (unpaired) electrons. The molecule has 0 aromatic heterocycles. The van der Waals surface area contributed by atoms with E-state index in [0.29, 0.717) is 21.3 Å². The van der Waals surface area contributed by atoms with E-state index in [1.54, 1.807) is 0 Å². The number of halogens is 2. The van der Waals surface area contributed by atoms with E-state index in [2.05, 4.69) is 30.1 Å². The molecule has 100 valence electrons. The standard InChI is InChI=1S/C14H19Cl2NS/c1-2-17-14(13-5-3-4-8-18-13)10-6-7-11(15)12(16)9-10/h6-7,9,13-14,17H,2-5,8H2,1H3. The molecule has 2 unspecified atom stereocenters. The minimum absolute atomic E-state index is 0.384. The summed E-state index contributed by atoms with van der Waals surface area (Å²) in [5.74, 6) is 1.27. The SMILES string of the molecule is CCNC(c1ccc(Cl)c(Cl)c1)C1CCCCS1. The van der Waals surface area contributed by atoms with Crippen LogP contribution in [0.2, 0.25) is 10.0 Å². The Morgan fingerprint density at radius 2 is 2.17 bits per heavy atom. The fourth-order valence-corrected chi connectivity index (χ4v) is 4.18. The first kappa shape index (κ1) is 14.5. The lowest BCUT2D eigenvalue weighted by atomic mass is 9.99. The number of nitrogens with one attached hydrogen (secondary N) is 1. The molecule has 0 saturated carbocycles. The first-order chi connectivity index (χ1) is 8.72. The smallest absolute Gasteiger partial charge is 0.0595 e. The van der Waals surface area contributed by atoms with Gasteiger partial charge in [-0.3, -0.25) is 0 Å². The van der Waals surface area contributed by atoms with Crippen LogP contribution in [0.5, 0.6) is 0 Å². The maximum absolute atomic E-state index is 6.13. The highest BCUT2D eigenvalue weighted by Gasteiger charge is 2.25. The van der Waals surface area contributed by atoms with E-state index in [1.165, 1.54) is 30.6 Å². The highest BCUT2D eigenvalue weighted by molar-refractivity contribution is 8.00. The summed E-state index contributed by atoms with van der Waals surface area (Å²) in [7, 11) is 0. The van der Waals surface area contributed by atoms with Gasteiger partial charge in [0.2, 0.25) is 0 Å². The van der Waals surface area contributed by atoms with Crippen LogP contribution in [0.4, 0.5) is 0 Å². The normalized spacial score (nSPS) is 21.8. The van der Waals surface area contributed by atoms with Gasteiger partial charge in [0.1, 0.15) is 0 Å². The molecule has 1 aliphatic heterocycles. The molecule has 0 amide bonds. The van der Waals surface area contributed by atoms with Gasteiger partial charge in [0.25, 0.3) is 0 Å². The van der Waals surface area contributed by atoms with Gasteiger partial charge in [-0.1, -0.05) is 42.6 Å². The van der Waals surface area contributed by atoms with Crippen LogP contribution < -0.4 is 5.32 Å². The molecule has 1 N–H and O–H groups in total. The summed E-state index contributed by atoms with van der Waals surface area (Å²) in [6, 6.07) is 6.38. The second-order valence-corrected chi connectivity index (χ2v) is 6.78. The third-order valence-electron chi connectivity index (χ3n) is 3.31. The molecule has 18 heavy (non-hydrogen) atoms. The number of benzene rings is 1. The van der Waals surface area contributed by atoms with Gasteiger partial charge in [0.05, 0.1) is 10.0 Å². The van der Waals surface area contributed by atoms with Crippen molar-refractivity contribution in [1.29, 1.82) is 0 Å². The lowest BCUT2D eigenvalue weighted by Gasteiger charge is -2.31. The molecule has 1 nitrogen and oxygen atoms in total. The van der Waals surface area contributed by atoms with E-state index >= 15 is 0 Å². The van der Waals surface area contributed by atoms with E-state index in [1.807, 2.05) is 12.1 Å². The van der Waals surface area contributed by atoms with Gasteiger partial charge in [-0.25, -0.2) is 0 Å². The molecular formula is C14H19Cl2NS. The molecule has 1 aromatic rings. The van der Waals surface area contributed by atoms with Gasteiger partial charge in [-0.15, -0.1) is 0 Å². The maximum atomic E-state index is 6.13. The minimum atomic E-state index is 0.384. The van der Waals surface area contributed by atoms with Crippen molar-refractivity contribution in [2.45, 2.75) is 37.5 Å². The Labute approximate surface area is 124 Å². The first-order valence-electron chi connectivity index (χ1n) is 6.52. The first-order valence-corrected chi connectivity index (χ1v) is 8.32. The van der Waals surface area contributed by atoms with Crippen molar-refractivity contribution in [3.8, 4) is 0 Å². The highest BCUT2D eigenvalue weighted by atomic mass is 35.5. The predicted molar refractivity (Wildman–Crippen MR) is 83.0 cm³/mol. The molecule has 1 aromatic carbocycles. The Kier molecular flexibility index (Phi) is 5.68. The van der Waals surface area contributed by atoms with Crippen LogP contribution in [-0.4, -0.2) is 17.5 Å². The summed E-state index contributed by atoms with van der Waals surface area (Å²) < 4.78 is 0. The average Bonchev–Trinajstić information content (AvgIpc) is 2.40. The summed E-state index contributed by atoms with van der Waals surface area (Å²) in [4.78, 5) is 0. The number of rotatable bonds is 4. The summed E-state index contributed by atoms with van der Waals surface area (Å²) in [5, 5.41) is 5.52. The van der Waals surface area contributed by atoms with Gasteiger partial charge < -0.3 is 5.32 Å². The molecule has 1 heterocycles. The van der Waals surface area contributed by atoms with Crippen molar-refractivity contribution < 1.29 is 0 Å². The van der Waals surface area contributed by atoms with Crippen LogP contribution >= 0.6 is 35.0 Å². The third-order valence-corrected chi connectivity index (χ3v) is 5.51. The summed E-state index contributed by atoms with van der Waals surface area (Å²) in [6.07, 6.45) is 3.96. The van der Waals surface area contributed by atoms with E-state index in [9.17, 15) is 0 Å². The Balaban J connectivity index is 2.19. The Hall–Kier alpha value is 0.110. The van der Waals surface area contributed by atoms with Crippen LogP contribution in [0.1, 0.15) is 37.8 Å². The topological polar surface area (TPSA) is 12.0 Å². The largest absolute Gasteiger partial charge is 0.309 e. The molecule has 1 fully saturated rings. The van der Waals surface area contributed by atoms with Crippen LogP contribution in [0, 0.1) is 0 Å². The number of thioether (sulfide) groups is 1. The van der Waals surface area contributed by atoms with E-state index in [4.69, 9.17) is 23.2 Å². The molecule has 0 aliphatic carbocycles. The van der Waals surface area contributed by atoms with Crippen LogP contribution in [0.25, 0.3) is 0 Å². The van der Waals surface area contributed by atoms with E-state index in [-0.39, 0.29) is 0 Å². The van der Waals surface area contributed by atoms with Crippen molar-refractivity contribution in [1.82, 2.24) is 5.32 Å². The van der Waals surface area contributed by atoms with E-state index in [0.717, 1.165) is 6.54 Å². The molecule has 1 aliphatic rings. The van der Waals surface area contributed by atoms with Crippen molar-refractivity contribution in [3.05, 3.63) is 33.8 Å². The zero-order chi connectivity index (χ0) is 13.0. The molecular weight excluding hydrogens is 285 g/mol. The maximum Gasteiger partial charge on any atom is 0.0595 e. The molecule has 1 saturated heterocycles.